The van der Waals surface area contributed by atoms with Crippen molar-refractivity contribution in [3.05, 3.63) is 41.5 Å². The van der Waals surface area contributed by atoms with Crippen molar-refractivity contribution in [2.24, 2.45) is 0 Å². The average Bonchev–Trinajstić information content (AvgIpc) is 2.68. The number of fused-ring (bicyclic) bond motifs is 3. The maximum absolute atomic E-state index is 8.93. The van der Waals surface area contributed by atoms with Crippen molar-refractivity contribution in [1.29, 1.82) is 5.26 Å². The van der Waals surface area contributed by atoms with Gasteiger partial charge in [0.2, 0.25) is 0 Å². The number of nitrogen functional groups attached to an aromatic ring is 1. The number of hydrogen-bond acceptors (Lipinski definition) is 3. The molecule has 3 heteroatoms. The molecule has 0 spiro atoms. The first-order chi connectivity index (χ1) is 8.20. The summed E-state index contributed by atoms with van der Waals surface area (Å²) in [4.78, 5) is 0. The lowest BCUT2D eigenvalue weighted by molar-refractivity contribution is 0.670. The van der Waals surface area contributed by atoms with E-state index in [1.807, 2.05) is 31.2 Å². The van der Waals surface area contributed by atoms with Crippen molar-refractivity contribution in [1.82, 2.24) is 0 Å². The Labute approximate surface area is 98.1 Å². The van der Waals surface area contributed by atoms with Crippen LogP contribution in [0.15, 0.2) is 34.7 Å². The average molecular weight is 222 g/mol. The SMILES string of the molecule is Cc1ccc2c(c1)oc1c(N)c(C#N)ccc12. The van der Waals surface area contributed by atoms with Gasteiger partial charge in [0, 0.05) is 10.8 Å². The van der Waals surface area contributed by atoms with Gasteiger partial charge in [-0.3, -0.25) is 0 Å². The Morgan fingerprint density at radius 1 is 1.18 bits per heavy atom. The number of aryl methyl sites for hydroxylation is 1. The number of nitrogens with zero attached hydrogens (tertiary/aromatic N) is 1. The fourth-order valence-electron chi connectivity index (χ4n) is 2.07. The predicted molar refractivity (Wildman–Crippen MR) is 67.6 cm³/mol. The highest BCUT2D eigenvalue weighted by Gasteiger charge is 2.12. The van der Waals surface area contributed by atoms with Crippen LogP contribution in [0.3, 0.4) is 0 Å². The third-order valence-electron chi connectivity index (χ3n) is 2.96. The van der Waals surface area contributed by atoms with Gasteiger partial charge in [-0.2, -0.15) is 5.26 Å². The molecule has 0 aliphatic heterocycles. The molecule has 0 atom stereocenters. The monoisotopic (exact) mass is 222 g/mol. The first kappa shape index (κ1) is 9.73. The molecule has 1 aromatic heterocycles. The van der Waals surface area contributed by atoms with E-state index in [0.29, 0.717) is 16.8 Å². The molecule has 2 aromatic carbocycles. The van der Waals surface area contributed by atoms with Crippen molar-refractivity contribution in [3.63, 3.8) is 0 Å². The van der Waals surface area contributed by atoms with Crippen LogP contribution in [-0.2, 0) is 0 Å². The Hall–Kier alpha value is -2.47. The highest BCUT2D eigenvalue weighted by molar-refractivity contribution is 6.09. The van der Waals surface area contributed by atoms with Gasteiger partial charge < -0.3 is 10.2 Å². The van der Waals surface area contributed by atoms with Gasteiger partial charge in [-0.15, -0.1) is 0 Å². The minimum absolute atomic E-state index is 0.416. The van der Waals surface area contributed by atoms with Crippen LogP contribution < -0.4 is 5.73 Å². The molecule has 0 saturated heterocycles. The number of rotatable bonds is 0. The number of nitrogens with two attached hydrogens (primary N) is 1. The van der Waals surface area contributed by atoms with Crippen molar-refractivity contribution in [3.8, 4) is 6.07 Å². The molecule has 0 unspecified atom stereocenters. The minimum atomic E-state index is 0.416. The van der Waals surface area contributed by atoms with Crippen LogP contribution in [0.1, 0.15) is 11.1 Å². The van der Waals surface area contributed by atoms with Gasteiger partial charge in [0.15, 0.2) is 5.58 Å². The predicted octanol–water partition coefficient (Wildman–Crippen LogP) is 3.35. The normalized spacial score (nSPS) is 10.8. The summed E-state index contributed by atoms with van der Waals surface area (Å²) in [5.74, 6) is 0. The standard InChI is InChI=1S/C14H10N2O/c1-8-2-4-10-11-5-3-9(7-15)13(16)14(11)17-12(10)6-8/h2-6H,16H2,1H3. The lowest BCUT2D eigenvalue weighted by Crippen LogP contribution is -1.89. The summed E-state index contributed by atoms with van der Waals surface area (Å²) in [7, 11) is 0. The third-order valence-corrected chi connectivity index (χ3v) is 2.96. The summed E-state index contributed by atoms with van der Waals surface area (Å²) in [6.45, 7) is 2.01. The largest absolute Gasteiger partial charge is 0.454 e. The quantitative estimate of drug-likeness (QED) is 0.593. The first-order valence-electron chi connectivity index (χ1n) is 5.32. The summed E-state index contributed by atoms with van der Waals surface area (Å²) < 4.78 is 5.73. The molecule has 2 N–H and O–H groups in total. The maximum atomic E-state index is 8.93. The van der Waals surface area contributed by atoms with E-state index >= 15 is 0 Å². The Balaban J connectivity index is 2.52. The Morgan fingerprint density at radius 3 is 2.71 bits per heavy atom. The van der Waals surface area contributed by atoms with Crippen LogP contribution in [0.5, 0.6) is 0 Å². The fourth-order valence-corrected chi connectivity index (χ4v) is 2.07. The van der Waals surface area contributed by atoms with Crippen LogP contribution in [0.25, 0.3) is 21.9 Å². The Morgan fingerprint density at radius 2 is 1.94 bits per heavy atom. The lowest BCUT2D eigenvalue weighted by Gasteiger charge is -1.96. The molecule has 0 saturated carbocycles. The first-order valence-corrected chi connectivity index (χ1v) is 5.32. The van der Waals surface area contributed by atoms with E-state index in [2.05, 4.69) is 6.07 Å². The molecule has 0 aliphatic rings. The topological polar surface area (TPSA) is 62.9 Å². The highest BCUT2D eigenvalue weighted by atomic mass is 16.3. The third kappa shape index (κ3) is 1.28. The van der Waals surface area contributed by atoms with Crippen molar-refractivity contribution >= 4 is 27.6 Å². The molecular formula is C14H10N2O. The van der Waals surface area contributed by atoms with Gasteiger partial charge in [-0.05, 0) is 30.7 Å². The number of nitriles is 1. The highest BCUT2D eigenvalue weighted by Crippen LogP contribution is 2.34. The Kier molecular flexibility index (Phi) is 1.87. The van der Waals surface area contributed by atoms with Crippen molar-refractivity contribution in [2.75, 3.05) is 5.73 Å². The van der Waals surface area contributed by atoms with Crippen LogP contribution in [0.4, 0.5) is 5.69 Å². The van der Waals surface area contributed by atoms with Crippen LogP contribution >= 0.6 is 0 Å². The van der Waals surface area contributed by atoms with E-state index in [9.17, 15) is 0 Å². The van der Waals surface area contributed by atoms with Gasteiger partial charge in [0.1, 0.15) is 11.7 Å². The maximum Gasteiger partial charge on any atom is 0.159 e. The van der Waals surface area contributed by atoms with E-state index in [1.54, 1.807) is 6.07 Å². The van der Waals surface area contributed by atoms with Gasteiger partial charge >= 0.3 is 0 Å². The second kappa shape index (κ2) is 3.26. The molecule has 17 heavy (non-hydrogen) atoms. The van der Waals surface area contributed by atoms with Crippen molar-refractivity contribution in [2.45, 2.75) is 6.92 Å². The van der Waals surface area contributed by atoms with Gasteiger partial charge in [-0.25, -0.2) is 0 Å². The number of hydrogen-bond donors (Lipinski definition) is 1. The van der Waals surface area contributed by atoms with E-state index in [0.717, 1.165) is 21.9 Å². The van der Waals surface area contributed by atoms with E-state index in [1.165, 1.54) is 0 Å². The fraction of sp³-hybridized carbons (Fsp3) is 0.0714. The summed E-state index contributed by atoms with van der Waals surface area (Å²) in [6.07, 6.45) is 0. The molecule has 3 nitrogen and oxygen atoms in total. The molecule has 0 fully saturated rings. The van der Waals surface area contributed by atoms with Crippen LogP contribution in [-0.4, -0.2) is 0 Å². The smallest absolute Gasteiger partial charge is 0.159 e. The second-order valence-electron chi connectivity index (χ2n) is 4.12. The minimum Gasteiger partial charge on any atom is -0.454 e. The zero-order chi connectivity index (χ0) is 12.0. The molecule has 3 rings (SSSR count). The second-order valence-corrected chi connectivity index (χ2v) is 4.12. The molecule has 0 radical (unpaired) electrons. The molecule has 0 bridgehead atoms. The molecule has 0 aliphatic carbocycles. The Bertz CT molecular complexity index is 778. The molecule has 82 valence electrons. The van der Waals surface area contributed by atoms with Crippen LogP contribution in [0.2, 0.25) is 0 Å². The zero-order valence-electron chi connectivity index (χ0n) is 9.32. The number of furan rings is 1. The molecule has 0 amide bonds. The van der Waals surface area contributed by atoms with Gasteiger partial charge in [-0.1, -0.05) is 12.1 Å². The van der Waals surface area contributed by atoms with E-state index < -0.39 is 0 Å². The van der Waals surface area contributed by atoms with Gasteiger partial charge in [0.05, 0.1) is 11.3 Å². The molecular weight excluding hydrogens is 212 g/mol. The molecule has 3 aromatic rings. The van der Waals surface area contributed by atoms with Crippen molar-refractivity contribution < 1.29 is 4.42 Å². The summed E-state index contributed by atoms with van der Waals surface area (Å²) in [6, 6.07) is 11.7. The van der Waals surface area contributed by atoms with Crippen LogP contribution in [0, 0.1) is 18.3 Å². The summed E-state index contributed by atoms with van der Waals surface area (Å²) in [5, 5.41) is 10.9. The van der Waals surface area contributed by atoms with E-state index in [4.69, 9.17) is 15.4 Å². The zero-order valence-corrected chi connectivity index (χ0v) is 9.32. The summed E-state index contributed by atoms with van der Waals surface area (Å²) in [5.41, 5.74) is 9.33. The number of anilines is 1. The summed E-state index contributed by atoms with van der Waals surface area (Å²) >= 11 is 0. The van der Waals surface area contributed by atoms with E-state index in [-0.39, 0.29) is 0 Å². The molecule has 1 heterocycles. The lowest BCUT2D eigenvalue weighted by atomic mass is 10.1. The van der Waals surface area contributed by atoms with Gasteiger partial charge in [0.25, 0.3) is 0 Å². The number of benzene rings is 2.